The van der Waals surface area contributed by atoms with Gasteiger partial charge in [0, 0.05) is 17.6 Å². The van der Waals surface area contributed by atoms with Crippen molar-refractivity contribution in [2.75, 3.05) is 10.8 Å². The summed E-state index contributed by atoms with van der Waals surface area (Å²) >= 11 is 6.03. The lowest BCUT2D eigenvalue weighted by Gasteiger charge is -2.34. The average Bonchev–Trinajstić information content (AvgIpc) is 2.98. The second-order valence-electron chi connectivity index (χ2n) is 11.0. The minimum Gasteiger partial charge on any atom is -0.352 e. The third-order valence-corrected chi connectivity index (χ3v) is 9.98. The molecule has 1 saturated carbocycles. The van der Waals surface area contributed by atoms with Crippen molar-refractivity contribution < 1.29 is 18.0 Å². The number of hydrogen-bond donors (Lipinski definition) is 1. The lowest BCUT2D eigenvalue weighted by atomic mass is 9.95. The van der Waals surface area contributed by atoms with Crippen LogP contribution in [0, 0.1) is 13.8 Å². The van der Waals surface area contributed by atoms with E-state index in [9.17, 15) is 18.0 Å². The summed E-state index contributed by atoms with van der Waals surface area (Å²) in [4.78, 5) is 29.5. The Labute approximate surface area is 254 Å². The molecule has 0 radical (unpaired) electrons. The van der Waals surface area contributed by atoms with Crippen LogP contribution >= 0.6 is 11.6 Å². The Morgan fingerprint density at radius 2 is 1.57 bits per heavy atom. The van der Waals surface area contributed by atoms with Crippen molar-refractivity contribution in [3.8, 4) is 0 Å². The molecule has 0 unspecified atom stereocenters. The largest absolute Gasteiger partial charge is 0.352 e. The van der Waals surface area contributed by atoms with Gasteiger partial charge in [0.05, 0.1) is 10.6 Å². The summed E-state index contributed by atoms with van der Waals surface area (Å²) in [6, 6.07) is 19.9. The summed E-state index contributed by atoms with van der Waals surface area (Å²) in [7, 11) is -4.14. The number of nitrogens with one attached hydrogen (secondary N) is 1. The van der Waals surface area contributed by atoms with Crippen molar-refractivity contribution in [2.24, 2.45) is 0 Å². The van der Waals surface area contributed by atoms with E-state index in [1.807, 2.05) is 57.2 Å². The van der Waals surface area contributed by atoms with Crippen molar-refractivity contribution in [3.63, 3.8) is 0 Å². The summed E-state index contributed by atoms with van der Waals surface area (Å²) in [5, 5.41) is 3.59. The first kappa shape index (κ1) is 31.6. The smallest absolute Gasteiger partial charge is 0.264 e. The standard InChI is InChI=1S/C33H40ClN3O4S/c1-4-31(33(39)35-28-12-6-5-7-13-28)36(22-26-11-9-8-10-25(26)3)32(38)23-37(29-18-14-24(2)15-19-29)42(40,41)30-20-16-27(34)17-21-30/h8-11,14-21,28,31H,4-7,12-13,22-23H2,1-3H3,(H,35,39)/t31-/m0/s1. The molecule has 0 bridgehead atoms. The van der Waals surface area contributed by atoms with Crippen LogP contribution in [-0.4, -0.2) is 43.8 Å². The molecule has 1 fully saturated rings. The van der Waals surface area contributed by atoms with Crippen molar-refractivity contribution in [1.82, 2.24) is 10.2 Å². The maximum Gasteiger partial charge on any atom is 0.264 e. The fraction of sp³-hybridized carbons (Fsp3) is 0.394. The summed E-state index contributed by atoms with van der Waals surface area (Å²) in [5.41, 5.74) is 3.21. The van der Waals surface area contributed by atoms with Gasteiger partial charge < -0.3 is 10.2 Å². The first-order valence-electron chi connectivity index (χ1n) is 14.6. The second kappa shape index (κ2) is 14.2. The zero-order chi connectivity index (χ0) is 30.3. The number of halogens is 1. The van der Waals surface area contributed by atoms with Gasteiger partial charge in [-0.25, -0.2) is 8.42 Å². The van der Waals surface area contributed by atoms with Gasteiger partial charge in [-0.1, -0.05) is 79.7 Å². The first-order valence-corrected chi connectivity index (χ1v) is 16.4. The van der Waals surface area contributed by atoms with E-state index in [1.165, 1.54) is 30.7 Å². The number of carbonyl (C=O) groups excluding carboxylic acids is 2. The molecule has 1 aliphatic carbocycles. The van der Waals surface area contributed by atoms with Crippen molar-refractivity contribution in [3.05, 3.63) is 94.5 Å². The highest BCUT2D eigenvalue weighted by atomic mass is 35.5. The van der Waals surface area contributed by atoms with Crippen LogP contribution in [0.3, 0.4) is 0 Å². The number of anilines is 1. The molecular weight excluding hydrogens is 570 g/mol. The van der Waals surface area contributed by atoms with E-state index in [0.717, 1.165) is 46.7 Å². The van der Waals surface area contributed by atoms with Gasteiger partial charge in [0.2, 0.25) is 11.8 Å². The summed E-state index contributed by atoms with van der Waals surface area (Å²) in [5.74, 6) is -0.657. The van der Waals surface area contributed by atoms with Gasteiger partial charge in [0.15, 0.2) is 0 Å². The molecule has 4 rings (SSSR count). The van der Waals surface area contributed by atoms with Gasteiger partial charge in [0.25, 0.3) is 10.0 Å². The van der Waals surface area contributed by atoms with Gasteiger partial charge in [-0.2, -0.15) is 0 Å². The van der Waals surface area contributed by atoms with Crippen LogP contribution in [0.5, 0.6) is 0 Å². The number of sulfonamides is 1. The molecule has 1 aliphatic rings. The van der Waals surface area contributed by atoms with E-state index in [0.29, 0.717) is 17.1 Å². The molecule has 224 valence electrons. The average molecular weight is 610 g/mol. The quantitative estimate of drug-likeness (QED) is 0.272. The summed E-state index contributed by atoms with van der Waals surface area (Å²) < 4.78 is 29.1. The maximum absolute atomic E-state index is 14.3. The molecule has 2 amide bonds. The Hall–Kier alpha value is -3.36. The highest BCUT2D eigenvalue weighted by Gasteiger charge is 2.34. The van der Waals surface area contributed by atoms with Gasteiger partial charge in [-0.3, -0.25) is 13.9 Å². The summed E-state index contributed by atoms with van der Waals surface area (Å²) in [6.07, 6.45) is 5.55. The van der Waals surface area contributed by atoms with E-state index >= 15 is 0 Å². The lowest BCUT2D eigenvalue weighted by molar-refractivity contribution is -0.140. The minimum atomic E-state index is -4.14. The topological polar surface area (TPSA) is 86.8 Å². The molecule has 0 saturated heterocycles. The van der Waals surface area contributed by atoms with Crippen molar-refractivity contribution in [2.45, 2.75) is 82.8 Å². The minimum absolute atomic E-state index is 0.0211. The number of nitrogens with zero attached hydrogens (tertiary/aromatic N) is 2. The first-order chi connectivity index (χ1) is 20.1. The molecule has 0 spiro atoms. The SMILES string of the molecule is CC[C@@H](C(=O)NC1CCCCC1)N(Cc1ccccc1C)C(=O)CN(c1ccc(C)cc1)S(=O)(=O)c1ccc(Cl)cc1. The molecule has 0 heterocycles. The number of aryl methyl sites for hydroxylation is 2. The maximum atomic E-state index is 14.3. The highest BCUT2D eigenvalue weighted by molar-refractivity contribution is 7.92. The number of carbonyl (C=O) groups is 2. The van der Waals surface area contributed by atoms with Gasteiger partial charge in [0.1, 0.15) is 12.6 Å². The van der Waals surface area contributed by atoms with Gasteiger partial charge in [-0.05, 0) is 80.6 Å². The fourth-order valence-corrected chi connectivity index (χ4v) is 6.95. The monoisotopic (exact) mass is 609 g/mol. The Bertz CT molecular complexity index is 1470. The lowest BCUT2D eigenvalue weighted by Crippen LogP contribution is -2.54. The number of amides is 2. The third kappa shape index (κ3) is 7.72. The Morgan fingerprint density at radius 1 is 0.929 bits per heavy atom. The van der Waals surface area contributed by atoms with E-state index in [-0.39, 0.29) is 23.4 Å². The molecule has 3 aromatic carbocycles. The predicted octanol–water partition coefficient (Wildman–Crippen LogP) is 6.41. The van der Waals surface area contributed by atoms with Gasteiger partial charge in [-0.15, -0.1) is 0 Å². The van der Waals surface area contributed by atoms with Crippen LogP contribution < -0.4 is 9.62 Å². The van der Waals surface area contributed by atoms with Crippen LogP contribution in [0.15, 0.2) is 77.7 Å². The van der Waals surface area contributed by atoms with Crippen LogP contribution in [0.25, 0.3) is 0 Å². The van der Waals surface area contributed by atoms with E-state index < -0.39 is 28.5 Å². The molecule has 7 nitrogen and oxygen atoms in total. The Morgan fingerprint density at radius 3 is 2.19 bits per heavy atom. The summed E-state index contributed by atoms with van der Waals surface area (Å²) in [6.45, 7) is 5.47. The van der Waals surface area contributed by atoms with Crippen molar-refractivity contribution >= 4 is 39.1 Å². The van der Waals surface area contributed by atoms with Crippen molar-refractivity contribution in [1.29, 1.82) is 0 Å². The van der Waals surface area contributed by atoms with Crippen LogP contribution in [0.4, 0.5) is 5.69 Å². The zero-order valence-corrected chi connectivity index (χ0v) is 26.1. The second-order valence-corrected chi connectivity index (χ2v) is 13.3. The van der Waals surface area contributed by atoms with E-state index in [1.54, 1.807) is 17.0 Å². The molecule has 3 aromatic rings. The molecule has 9 heteroatoms. The molecule has 0 aliphatic heterocycles. The molecule has 0 aromatic heterocycles. The zero-order valence-electron chi connectivity index (χ0n) is 24.6. The normalized spacial score (nSPS) is 14.7. The highest BCUT2D eigenvalue weighted by Crippen LogP contribution is 2.27. The molecule has 42 heavy (non-hydrogen) atoms. The van der Waals surface area contributed by atoms with Crippen LogP contribution in [-0.2, 0) is 26.2 Å². The van der Waals surface area contributed by atoms with Gasteiger partial charge >= 0.3 is 0 Å². The number of rotatable bonds is 11. The molecular formula is C33H40ClN3O4S. The molecule has 1 atom stereocenters. The Kier molecular flexibility index (Phi) is 10.7. The van der Waals surface area contributed by atoms with E-state index in [4.69, 9.17) is 11.6 Å². The van der Waals surface area contributed by atoms with Crippen LogP contribution in [0.2, 0.25) is 5.02 Å². The number of benzene rings is 3. The predicted molar refractivity (Wildman–Crippen MR) is 168 cm³/mol. The third-order valence-electron chi connectivity index (χ3n) is 7.94. The van der Waals surface area contributed by atoms with E-state index in [2.05, 4.69) is 5.32 Å². The fourth-order valence-electron chi connectivity index (χ4n) is 5.41. The Balaban J connectivity index is 1.71. The van der Waals surface area contributed by atoms with Crippen LogP contribution in [0.1, 0.15) is 62.1 Å². The number of hydrogen-bond acceptors (Lipinski definition) is 4. The molecule has 1 N–H and O–H groups in total.